The molecule has 0 aliphatic heterocycles. The highest BCUT2D eigenvalue weighted by atomic mass is 35.5. The van der Waals surface area contributed by atoms with E-state index in [4.69, 9.17) is 21.1 Å². The van der Waals surface area contributed by atoms with Crippen molar-refractivity contribution < 1.29 is 14.3 Å². The molecule has 0 saturated heterocycles. The fourth-order valence-electron chi connectivity index (χ4n) is 3.33. The van der Waals surface area contributed by atoms with Crippen molar-refractivity contribution in [3.05, 3.63) is 77.3 Å². The van der Waals surface area contributed by atoms with Crippen molar-refractivity contribution in [2.45, 2.75) is 12.1 Å². The highest BCUT2D eigenvalue weighted by Crippen LogP contribution is 2.34. The van der Waals surface area contributed by atoms with Gasteiger partial charge in [0.1, 0.15) is 0 Å². The Morgan fingerprint density at radius 3 is 2.47 bits per heavy atom. The number of halogens is 1. The molecule has 7 nitrogen and oxygen atoms in total. The lowest BCUT2D eigenvalue weighted by atomic mass is 10.2. The van der Waals surface area contributed by atoms with Crippen molar-refractivity contribution in [3.8, 4) is 28.6 Å². The van der Waals surface area contributed by atoms with Crippen LogP contribution in [0.1, 0.15) is 5.56 Å². The molecular formula is C25H23ClN4O3S. The van der Waals surface area contributed by atoms with E-state index in [1.54, 1.807) is 20.3 Å². The van der Waals surface area contributed by atoms with Gasteiger partial charge >= 0.3 is 0 Å². The monoisotopic (exact) mass is 494 g/mol. The van der Waals surface area contributed by atoms with E-state index in [-0.39, 0.29) is 11.7 Å². The number of aryl methyl sites for hydroxylation is 1. The number of hydrogen-bond acceptors (Lipinski definition) is 6. The van der Waals surface area contributed by atoms with Crippen LogP contribution in [-0.2, 0) is 4.79 Å². The van der Waals surface area contributed by atoms with Crippen molar-refractivity contribution in [2.75, 3.05) is 25.3 Å². The number of nitrogens with zero attached hydrogens (tertiary/aromatic N) is 3. The van der Waals surface area contributed by atoms with E-state index in [9.17, 15) is 4.79 Å². The van der Waals surface area contributed by atoms with Crippen LogP contribution in [-0.4, -0.2) is 40.6 Å². The first-order chi connectivity index (χ1) is 16.5. The molecular weight excluding hydrogens is 472 g/mol. The SMILES string of the molecule is COc1ccc(-c2nnc(SCC(=O)Nc3ccc(C)c(Cl)c3)n2-c2ccccc2)cc1OC. The molecule has 0 saturated carbocycles. The maximum absolute atomic E-state index is 12.6. The molecule has 1 amide bonds. The van der Waals surface area contributed by atoms with Gasteiger partial charge in [-0.15, -0.1) is 10.2 Å². The van der Waals surface area contributed by atoms with Gasteiger partial charge in [0, 0.05) is 22.0 Å². The number of thioether (sulfide) groups is 1. The van der Waals surface area contributed by atoms with Gasteiger partial charge in [-0.25, -0.2) is 0 Å². The van der Waals surface area contributed by atoms with Crippen LogP contribution in [0.2, 0.25) is 5.02 Å². The molecule has 174 valence electrons. The van der Waals surface area contributed by atoms with Crippen LogP contribution in [0.25, 0.3) is 17.1 Å². The van der Waals surface area contributed by atoms with Crippen LogP contribution in [0, 0.1) is 6.92 Å². The molecule has 0 aliphatic carbocycles. The molecule has 1 N–H and O–H groups in total. The Kier molecular flexibility index (Phi) is 7.40. The Hall–Kier alpha value is -3.49. The second kappa shape index (κ2) is 10.6. The number of carbonyl (C=O) groups is 1. The number of aromatic nitrogens is 3. The quantitative estimate of drug-likeness (QED) is 0.319. The van der Waals surface area contributed by atoms with E-state index in [1.165, 1.54) is 11.8 Å². The van der Waals surface area contributed by atoms with Crippen LogP contribution >= 0.6 is 23.4 Å². The topological polar surface area (TPSA) is 78.3 Å². The Bertz CT molecular complexity index is 1310. The van der Waals surface area contributed by atoms with Gasteiger partial charge in [0.15, 0.2) is 22.5 Å². The van der Waals surface area contributed by atoms with Crippen molar-refractivity contribution in [1.82, 2.24) is 14.8 Å². The summed E-state index contributed by atoms with van der Waals surface area (Å²) in [7, 11) is 3.18. The average molecular weight is 495 g/mol. The lowest BCUT2D eigenvalue weighted by Crippen LogP contribution is -2.14. The normalized spacial score (nSPS) is 10.7. The van der Waals surface area contributed by atoms with Crippen molar-refractivity contribution in [1.29, 1.82) is 0 Å². The maximum Gasteiger partial charge on any atom is 0.234 e. The molecule has 0 spiro atoms. The summed E-state index contributed by atoms with van der Waals surface area (Å²) in [6.07, 6.45) is 0. The summed E-state index contributed by atoms with van der Waals surface area (Å²) in [6, 6.07) is 20.8. The van der Waals surface area contributed by atoms with Crippen LogP contribution < -0.4 is 14.8 Å². The number of methoxy groups -OCH3 is 2. The molecule has 0 fully saturated rings. The van der Waals surface area contributed by atoms with E-state index in [0.717, 1.165) is 16.8 Å². The number of hydrogen-bond donors (Lipinski definition) is 1. The number of amides is 1. The molecule has 0 radical (unpaired) electrons. The van der Waals surface area contributed by atoms with Gasteiger partial charge in [0.05, 0.1) is 20.0 Å². The highest BCUT2D eigenvalue weighted by molar-refractivity contribution is 7.99. The van der Waals surface area contributed by atoms with Crippen LogP contribution in [0.4, 0.5) is 5.69 Å². The summed E-state index contributed by atoms with van der Waals surface area (Å²) < 4.78 is 12.7. The summed E-state index contributed by atoms with van der Waals surface area (Å²) in [5, 5.41) is 12.9. The van der Waals surface area contributed by atoms with Gasteiger partial charge in [0.25, 0.3) is 0 Å². The molecule has 3 aromatic carbocycles. The zero-order valence-electron chi connectivity index (χ0n) is 18.9. The van der Waals surface area contributed by atoms with Gasteiger partial charge in [-0.1, -0.05) is 47.6 Å². The lowest BCUT2D eigenvalue weighted by Gasteiger charge is -2.12. The number of anilines is 1. The molecule has 0 aliphatic rings. The van der Waals surface area contributed by atoms with Crippen molar-refractivity contribution in [2.24, 2.45) is 0 Å². The van der Waals surface area contributed by atoms with Crippen molar-refractivity contribution in [3.63, 3.8) is 0 Å². The minimum absolute atomic E-state index is 0.155. The average Bonchev–Trinajstić information content (AvgIpc) is 3.29. The predicted molar refractivity (Wildman–Crippen MR) is 135 cm³/mol. The number of nitrogens with one attached hydrogen (secondary N) is 1. The third-order valence-electron chi connectivity index (χ3n) is 5.08. The summed E-state index contributed by atoms with van der Waals surface area (Å²) in [5.74, 6) is 1.83. The van der Waals surface area contributed by atoms with E-state index < -0.39 is 0 Å². The number of carbonyl (C=O) groups excluding carboxylic acids is 1. The third kappa shape index (κ3) is 5.18. The molecule has 34 heavy (non-hydrogen) atoms. The second-order valence-corrected chi connectivity index (χ2v) is 8.70. The molecule has 4 rings (SSSR count). The number of ether oxygens (including phenoxy) is 2. The lowest BCUT2D eigenvalue weighted by molar-refractivity contribution is -0.113. The summed E-state index contributed by atoms with van der Waals surface area (Å²) >= 11 is 7.46. The predicted octanol–water partition coefficient (Wildman–Crippen LogP) is 5.64. The molecule has 9 heteroatoms. The minimum Gasteiger partial charge on any atom is -0.493 e. The summed E-state index contributed by atoms with van der Waals surface area (Å²) in [6.45, 7) is 1.91. The van der Waals surface area contributed by atoms with Gasteiger partial charge in [-0.3, -0.25) is 9.36 Å². The summed E-state index contributed by atoms with van der Waals surface area (Å²) in [5.41, 5.74) is 3.29. The van der Waals surface area contributed by atoms with Gasteiger partial charge in [0.2, 0.25) is 5.91 Å². The molecule has 1 aromatic heterocycles. The largest absolute Gasteiger partial charge is 0.493 e. The molecule has 1 heterocycles. The highest BCUT2D eigenvalue weighted by Gasteiger charge is 2.19. The van der Waals surface area contributed by atoms with Crippen LogP contribution in [0.5, 0.6) is 11.5 Å². The van der Waals surface area contributed by atoms with E-state index in [2.05, 4.69) is 15.5 Å². The Morgan fingerprint density at radius 2 is 1.76 bits per heavy atom. The number of para-hydroxylation sites is 1. The van der Waals surface area contributed by atoms with Crippen LogP contribution in [0.3, 0.4) is 0 Å². The first kappa shape index (κ1) is 23.7. The Morgan fingerprint density at radius 1 is 1.00 bits per heavy atom. The fraction of sp³-hybridized carbons (Fsp3) is 0.160. The Labute approximate surface area is 207 Å². The van der Waals surface area contributed by atoms with Crippen LogP contribution in [0.15, 0.2) is 71.9 Å². The van der Waals surface area contributed by atoms with Gasteiger partial charge in [-0.05, 0) is 55.0 Å². The maximum atomic E-state index is 12.6. The second-order valence-electron chi connectivity index (χ2n) is 7.35. The third-order valence-corrected chi connectivity index (χ3v) is 6.41. The smallest absolute Gasteiger partial charge is 0.234 e. The molecule has 4 aromatic rings. The number of benzene rings is 3. The Balaban J connectivity index is 1.61. The van der Waals surface area contributed by atoms with E-state index in [0.29, 0.717) is 33.2 Å². The molecule has 0 unspecified atom stereocenters. The van der Waals surface area contributed by atoms with Crippen molar-refractivity contribution >= 4 is 35.0 Å². The van der Waals surface area contributed by atoms with E-state index in [1.807, 2.05) is 72.2 Å². The summed E-state index contributed by atoms with van der Waals surface area (Å²) in [4.78, 5) is 12.6. The fourth-order valence-corrected chi connectivity index (χ4v) is 4.27. The first-order valence-corrected chi connectivity index (χ1v) is 11.8. The molecule has 0 atom stereocenters. The molecule has 0 bridgehead atoms. The standard InChI is InChI=1S/C25H23ClN4O3S/c1-16-9-11-18(14-20(16)26)27-23(31)15-34-25-29-28-24(30(25)19-7-5-4-6-8-19)17-10-12-21(32-2)22(13-17)33-3/h4-14H,15H2,1-3H3,(H,27,31). The van der Waals surface area contributed by atoms with Gasteiger partial charge < -0.3 is 14.8 Å². The van der Waals surface area contributed by atoms with E-state index >= 15 is 0 Å². The minimum atomic E-state index is -0.166. The first-order valence-electron chi connectivity index (χ1n) is 10.4. The number of rotatable bonds is 8. The zero-order valence-corrected chi connectivity index (χ0v) is 20.5. The zero-order chi connectivity index (χ0) is 24.1. The van der Waals surface area contributed by atoms with Gasteiger partial charge in [-0.2, -0.15) is 0 Å².